The zero-order chi connectivity index (χ0) is 22.7. The minimum atomic E-state index is -1.13. The van der Waals surface area contributed by atoms with Gasteiger partial charge in [-0.25, -0.2) is 19.7 Å². The molecule has 0 bridgehead atoms. The molecule has 0 radical (unpaired) electrons. The maximum atomic E-state index is 13.0. The van der Waals surface area contributed by atoms with E-state index in [1.807, 2.05) is 19.1 Å². The van der Waals surface area contributed by atoms with Gasteiger partial charge in [-0.05, 0) is 55.0 Å². The third-order valence-electron chi connectivity index (χ3n) is 4.58. The molecule has 0 saturated heterocycles. The van der Waals surface area contributed by atoms with Gasteiger partial charge in [0.25, 0.3) is 0 Å². The van der Waals surface area contributed by atoms with Crippen molar-refractivity contribution in [1.82, 2.24) is 15.0 Å². The van der Waals surface area contributed by atoms with Crippen molar-refractivity contribution in [3.63, 3.8) is 0 Å². The van der Waals surface area contributed by atoms with Crippen LogP contribution in [-0.4, -0.2) is 38.4 Å². The fourth-order valence-corrected chi connectivity index (χ4v) is 3.19. The number of carbonyl (C=O) groups is 2. The first-order valence-electron chi connectivity index (χ1n) is 9.58. The lowest BCUT2D eigenvalue weighted by molar-refractivity contribution is 0.0690. The summed E-state index contributed by atoms with van der Waals surface area (Å²) < 4.78 is 5.96. The van der Waals surface area contributed by atoms with E-state index in [4.69, 9.17) is 21.4 Å². The molecule has 32 heavy (non-hydrogen) atoms. The first kappa shape index (κ1) is 21.2. The highest BCUT2D eigenvalue weighted by Crippen LogP contribution is 2.29. The van der Waals surface area contributed by atoms with Gasteiger partial charge in [-0.15, -0.1) is 0 Å². The molecule has 0 aliphatic carbocycles. The lowest BCUT2D eigenvalue weighted by Gasteiger charge is -2.13. The van der Waals surface area contributed by atoms with Crippen molar-refractivity contribution in [3.05, 3.63) is 82.8 Å². The number of ketones is 1. The fraction of sp³-hybridized carbons (Fsp3) is 0.0870. The summed E-state index contributed by atoms with van der Waals surface area (Å²) >= 11 is 6.02. The Hall–Kier alpha value is -4.04. The molecule has 0 spiro atoms. The molecule has 2 aromatic heterocycles. The largest absolute Gasteiger partial charge is 0.477 e. The van der Waals surface area contributed by atoms with Crippen LogP contribution in [-0.2, 0) is 0 Å². The van der Waals surface area contributed by atoms with Gasteiger partial charge >= 0.3 is 5.97 Å². The van der Waals surface area contributed by atoms with E-state index in [9.17, 15) is 9.59 Å². The molecule has 2 heterocycles. The molecule has 2 aromatic carbocycles. The van der Waals surface area contributed by atoms with Crippen molar-refractivity contribution in [3.8, 4) is 11.6 Å². The third-order valence-corrected chi connectivity index (χ3v) is 4.82. The first-order valence-corrected chi connectivity index (χ1v) is 9.96. The molecule has 4 aromatic rings. The standard InChI is InChI=1S/C23H17ClN4O4/c1-13-10-14(24)6-9-20(13)32-22-21(27-16-4-2-3-5-17(16)28-22)19(29)12-25-15-7-8-18(23(30)31)26-11-15/h2-11,25H,12H2,1H3,(H,30,31). The number of ether oxygens (including phenoxy) is 1. The number of halogens is 1. The maximum absolute atomic E-state index is 13.0. The van der Waals surface area contributed by atoms with E-state index < -0.39 is 5.97 Å². The molecule has 0 aliphatic heterocycles. The fourth-order valence-electron chi connectivity index (χ4n) is 2.96. The van der Waals surface area contributed by atoms with Gasteiger partial charge in [0.05, 0.1) is 29.5 Å². The van der Waals surface area contributed by atoms with Crippen molar-refractivity contribution >= 4 is 40.1 Å². The normalized spacial score (nSPS) is 10.7. The van der Waals surface area contributed by atoms with Crippen molar-refractivity contribution in [1.29, 1.82) is 0 Å². The number of benzene rings is 2. The van der Waals surface area contributed by atoms with Crippen molar-refractivity contribution in [2.45, 2.75) is 6.92 Å². The Morgan fingerprint density at radius 2 is 1.81 bits per heavy atom. The summed E-state index contributed by atoms with van der Waals surface area (Å²) in [5.41, 5.74) is 2.41. The van der Waals surface area contributed by atoms with Crippen LogP contribution in [0.2, 0.25) is 5.02 Å². The van der Waals surface area contributed by atoms with Gasteiger partial charge in [-0.3, -0.25) is 4.79 Å². The summed E-state index contributed by atoms with van der Waals surface area (Å²) in [5, 5.41) is 12.4. The Kier molecular flexibility index (Phi) is 5.96. The first-order chi connectivity index (χ1) is 15.4. The number of carboxylic acids is 1. The van der Waals surface area contributed by atoms with Crippen molar-refractivity contribution < 1.29 is 19.4 Å². The zero-order valence-electron chi connectivity index (χ0n) is 16.9. The highest BCUT2D eigenvalue weighted by molar-refractivity contribution is 6.30. The number of hydrogen-bond acceptors (Lipinski definition) is 7. The number of fused-ring (bicyclic) bond motifs is 1. The summed E-state index contributed by atoms with van der Waals surface area (Å²) in [6, 6.07) is 15.2. The molecular formula is C23H17ClN4O4. The average molecular weight is 449 g/mol. The second-order valence-corrected chi connectivity index (χ2v) is 7.33. The molecule has 0 amide bonds. The summed E-state index contributed by atoms with van der Waals surface area (Å²) in [7, 11) is 0. The number of nitrogens with zero attached hydrogens (tertiary/aromatic N) is 3. The van der Waals surface area contributed by atoms with Crippen LogP contribution in [0.25, 0.3) is 11.0 Å². The number of pyridine rings is 1. The van der Waals surface area contributed by atoms with Crippen LogP contribution in [0.15, 0.2) is 60.8 Å². The van der Waals surface area contributed by atoms with E-state index in [2.05, 4.69) is 20.3 Å². The molecule has 2 N–H and O–H groups in total. The van der Waals surface area contributed by atoms with Gasteiger partial charge in [-0.2, -0.15) is 0 Å². The van der Waals surface area contributed by atoms with Crippen LogP contribution in [0.1, 0.15) is 26.5 Å². The average Bonchev–Trinajstić information content (AvgIpc) is 2.79. The molecule has 4 rings (SSSR count). The molecule has 0 atom stereocenters. The van der Waals surface area contributed by atoms with Crippen LogP contribution < -0.4 is 10.1 Å². The minimum absolute atomic E-state index is 0.0701. The molecular weight excluding hydrogens is 432 g/mol. The number of rotatable bonds is 7. The van der Waals surface area contributed by atoms with Gasteiger partial charge in [-0.1, -0.05) is 23.7 Å². The number of carbonyl (C=O) groups excluding carboxylic acids is 1. The van der Waals surface area contributed by atoms with Crippen molar-refractivity contribution in [2.75, 3.05) is 11.9 Å². The van der Waals surface area contributed by atoms with Crippen LogP contribution in [0.3, 0.4) is 0 Å². The van der Waals surface area contributed by atoms with Crippen LogP contribution in [0.5, 0.6) is 11.6 Å². The van der Waals surface area contributed by atoms with Gasteiger partial charge in [0.1, 0.15) is 11.4 Å². The molecule has 0 fully saturated rings. The number of nitrogens with one attached hydrogen (secondary N) is 1. The predicted molar refractivity (Wildman–Crippen MR) is 120 cm³/mol. The number of anilines is 1. The molecule has 160 valence electrons. The second-order valence-electron chi connectivity index (χ2n) is 6.89. The molecule has 0 aliphatic rings. The SMILES string of the molecule is Cc1cc(Cl)ccc1Oc1nc2ccccc2nc1C(=O)CNc1ccc(C(=O)O)nc1. The summed E-state index contributed by atoms with van der Waals surface area (Å²) in [6.45, 7) is 1.73. The Labute approximate surface area is 187 Å². The van der Waals surface area contributed by atoms with Gasteiger partial charge < -0.3 is 15.2 Å². The zero-order valence-corrected chi connectivity index (χ0v) is 17.6. The Morgan fingerprint density at radius 3 is 2.47 bits per heavy atom. The lowest BCUT2D eigenvalue weighted by atomic mass is 10.2. The van der Waals surface area contributed by atoms with Crippen LogP contribution >= 0.6 is 11.6 Å². The smallest absolute Gasteiger partial charge is 0.354 e. The Bertz CT molecular complexity index is 1330. The quantitative estimate of drug-likeness (QED) is 0.388. The van der Waals surface area contributed by atoms with E-state index in [-0.39, 0.29) is 29.6 Å². The summed E-state index contributed by atoms with van der Waals surface area (Å²) in [6.07, 6.45) is 1.34. The van der Waals surface area contributed by atoms with Crippen LogP contribution in [0, 0.1) is 6.92 Å². The highest BCUT2D eigenvalue weighted by Gasteiger charge is 2.19. The van der Waals surface area contributed by atoms with Crippen LogP contribution in [0.4, 0.5) is 5.69 Å². The Morgan fingerprint density at radius 1 is 1.06 bits per heavy atom. The van der Waals surface area contributed by atoms with E-state index in [0.29, 0.717) is 27.5 Å². The van der Waals surface area contributed by atoms with E-state index >= 15 is 0 Å². The predicted octanol–water partition coefficient (Wildman–Crippen LogP) is 4.77. The van der Waals surface area contributed by atoms with E-state index in [1.165, 1.54) is 18.3 Å². The highest BCUT2D eigenvalue weighted by atomic mass is 35.5. The molecule has 0 saturated carbocycles. The molecule has 9 heteroatoms. The summed E-state index contributed by atoms with van der Waals surface area (Å²) in [5.74, 6) is -0.889. The number of aromatic carboxylic acids is 1. The number of aromatic nitrogens is 3. The summed E-state index contributed by atoms with van der Waals surface area (Å²) in [4.78, 5) is 36.7. The monoisotopic (exact) mass is 448 g/mol. The van der Waals surface area contributed by atoms with Gasteiger partial charge in [0.15, 0.2) is 5.69 Å². The number of carboxylic acid groups (broad SMARTS) is 1. The minimum Gasteiger partial charge on any atom is -0.477 e. The second kappa shape index (κ2) is 8.99. The Balaban J connectivity index is 1.62. The lowest BCUT2D eigenvalue weighted by Crippen LogP contribution is -2.17. The number of hydrogen-bond donors (Lipinski definition) is 2. The van der Waals surface area contributed by atoms with E-state index in [1.54, 1.807) is 30.3 Å². The number of para-hydroxylation sites is 2. The van der Waals surface area contributed by atoms with E-state index in [0.717, 1.165) is 5.56 Å². The molecule has 8 nitrogen and oxygen atoms in total. The van der Waals surface area contributed by atoms with Crippen molar-refractivity contribution in [2.24, 2.45) is 0 Å². The number of aryl methyl sites for hydroxylation is 1. The topological polar surface area (TPSA) is 114 Å². The third kappa shape index (κ3) is 4.65. The maximum Gasteiger partial charge on any atom is 0.354 e. The van der Waals surface area contributed by atoms with Gasteiger partial charge in [0, 0.05) is 5.02 Å². The number of Topliss-reactive ketones (excluding diaryl/α,β-unsaturated/α-hetero) is 1. The van der Waals surface area contributed by atoms with Gasteiger partial charge in [0.2, 0.25) is 11.7 Å². The molecule has 0 unspecified atom stereocenters.